The molecule has 2 atom stereocenters. The van der Waals surface area contributed by atoms with Gasteiger partial charge in [0.2, 0.25) is 0 Å². The van der Waals surface area contributed by atoms with E-state index in [0.717, 1.165) is 25.7 Å². The summed E-state index contributed by atoms with van der Waals surface area (Å²) in [6.45, 7) is 0. The Bertz CT molecular complexity index is 594. The van der Waals surface area contributed by atoms with Crippen LogP contribution < -0.4 is 21.5 Å². The zero-order valence-corrected chi connectivity index (χ0v) is 14.1. The number of methoxy groups -OCH3 is 1. The summed E-state index contributed by atoms with van der Waals surface area (Å²) in [5, 5.41) is 3.57. The van der Waals surface area contributed by atoms with Crippen molar-refractivity contribution in [1.29, 1.82) is 0 Å². The van der Waals surface area contributed by atoms with Crippen molar-refractivity contribution in [2.45, 2.75) is 44.2 Å². The summed E-state index contributed by atoms with van der Waals surface area (Å²) in [6.07, 6.45) is 5.47. The van der Waals surface area contributed by atoms with Crippen LogP contribution in [0.15, 0.2) is 12.1 Å². The van der Waals surface area contributed by atoms with Crippen LogP contribution in [0.3, 0.4) is 0 Å². The molecule has 3 rings (SSSR count). The summed E-state index contributed by atoms with van der Waals surface area (Å²) in [6, 6.07) is 3.63. The number of nitrogens with one attached hydrogen (secondary N) is 1. The van der Waals surface area contributed by atoms with Crippen LogP contribution in [0.25, 0.3) is 0 Å². The van der Waals surface area contributed by atoms with Gasteiger partial charge in [0.25, 0.3) is 5.91 Å². The van der Waals surface area contributed by atoms with Crippen LogP contribution in [-0.4, -0.2) is 25.1 Å². The van der Waals surface area contributed by atoms with Crippen molar-refractivity contribution in [3.8, 4) is 5.75 Å². The van der Waals surface area contributed by atoms with Crippen LogP contribution >= 0.6 is 11.6 Å². The molecule has 1 aromatic carbocycles. The minimum absolute atomic E-state index is 0.152. The number of nitrogen functional groups attached to an aromatic ring is 1. The molecule has 0 aliphatic heterocycles. The Hall–Kier alpha value is -1.46. The first-order chi connectivity index (χ1) is 11.0. The molecule has 0 saturated heterocycles. The number of benzene rings is 1. The molecule has 6 heteroatoms. The highest BCUT2D eigenvalue weighted by molar-refractivity contribution is 6.33. The van der Waals surface area contributed by atoms with Gasteiger partial charge in [-0.3, -0.25) is 4.79 Å². The highest BCUT2D eigenvalue weighted by Crippen LogP contribution is 2.40. The maximum absolute atomic E-state index is 12.7. The highest BCUT2D eigenvalue weighted by atomic mass is 35.5. The van der Waals surface area contributed by atoms with Gasteiger partial charge >= 0.3 is 0 Å². The summed E-state index contributed by atoms with van der Waals surface area (Å²) < 4.78 is 5.28. The van der Waals surface area contributed by atoms with Crippen LogP contribution in [-0.2, 0) is 0 Å². The Kier molecular flexibility index (Phi) is 4.69. The molecule has 1 amide bonds. The predicted octanol–water partition coefficient (Wildman–Crippen LogP) is 2.57. The minimum Gasteiger partial charge on any atom is -0.496 e. The largest absolute Gasteiger partial charge is 0.496 e. The summed E-state index contributed by atoms with van der Waals surface area (Å²) >= 11 is 6.07. The molecule has 0 spiro atoms. The Labute approximate surface area is 141 Å². The lowest BCUT2D eigenvalue weighted by Crippen LogP contribution is -2.53. The molecule has 2 fully saturated rings. The number of hydrogen-bond acceptors (Lipinski definition) is 4. The predicted molar refractivity (Wildman–Crippen MR) is 91.7 cm³/mol. The zero-order valence-electron chi connectivity index (χ0n) is 13.3. The number of amides is 1. The van der Waals surface area contributed by atoms with E-state index in [0.29, 0.717) is 33.9 Å². The molecule has 126 valence electrons. The molecular formula is C17H24ClN3O2. The van der Waals surface area contributed by atoms with Crippen LogP contribution in [0.2, 0.25) is 5.02 Å². The quantitative estimate of drug-likeness (QED) is 0.739. The second-order valence-corrected chi connectivity index (χ2v) is 7.16. The fourth-order valence-corrected chi connectivity index (χ4v) is 4.33. The van der Waals surface area contributed by atoms with Gasteiger partial charge in [-0.1, -0.05) is 18.0 Å². The maximum atomic E-state index is 12.7. The molecule has 0 aromatic heterocycles. The van der Waals surface area contributed by atoms with Gasteiger partial charge < -0.3 is 21.5 Å². The van der Waals surface area contributed by atoms with Crippen LogP contribution in [0.4, 0.5) is 5.69 Å². The monoisotopic (exact) mass is 337 g/mol. The molecule has 2 aliphatic carbocycles. The van der Waals surface area contributed by atoms with E-state index < -0.39 is 0 Å². The van der Waals surface area contributed by atoms with E-state index in [4.69, 9.17) is 27.8 Å². The van der Waals surface area contributed by atoms with Crippen molar-refractivity contribution >= 4 is 23.2 Å². The first kappa shape index (κ1) is 16.4. The number of carbonyl (C=O) groups excluding carboxylic acids is 1. The third kappa shape index (κ3) is 3.26. The molecule has 5 N–H and O–H groups in total. The van der Waals surface area contributed by atoms with Crippen molar-refractivity contribution in [2.75, 3.05) is 12.8 Å². The van der Waals surface area contributed by atoms with Crippen molar-refractivity contribution in [2.24, 2.45) is 17.6 Å². The van der Waals surface area contributed by atoms with E-state index in [2.05, 4.69) is 5.32 Å². The number of hydrogen-bond donors (Lipinski definition) is 3. The van der Waals surface area contributed by atoms with E-state index in [1.165, 1.54) is 13.5 Å². The lowest BCUT2D eigenvalue weighted by molar-refractivity contribution is 0.0753. The van der Waals surface area contributed by atoms with Gasteiger partial charge in [0.1, 0.15) is 5.75 Å². The molecule has 2 saturated carbocycles. The van der Waals surface area contributed by atoms with Gasteiger partial charge in [-0.2, -0.15) is 0 Å². The maximum Gasteiger partial charge on any atom is 0.255 e. The Morgan fingerprint density at radius 2 is 1.96 bits per heavy atom. The first-order valence-corrected chi connectivity index (χ1v) is 8.56. The molecule has 0 heterocycles. The molecule has 2 aliphatic rings. The topological polar surface area (TPSA) is 90.4 Å². The van der Waals surface area contributed by atoms with Crippen LogP contribution in [0, 0.1) is 11.8 Å². The number of rotatable bonds is 3. The van der Waals surface area contributed by atoms with Gasteiger partial charge in [-0.25, -0.2) is 0 Å². The van der Waals surface area contributed by atoms with E-state index in [9.17, 15) is 4.79 Å². The molecule has 5 nitrogen and oxygen atoms in total. The fourth-order valence-electron chi connectivity index (χ4n) is 4.17. The van der Waals surface area contributed by atoms with Crippen LogP contribution in [0.5, 0.6) is 5.75 Å². The number of nitrogens with two attached hydrogens (primary N) is 2. The number of ether oxygens (including phenoxy) is 1. The molecule has 1 aromatic rings. The number of fused-ring (bicyclic) bond motifs is 2. The normalized spacial score (nSPS) is 29.9. The number of anilines is 1. The Morgan fingerprint density at radius 3 is 2.57 bits per heavy atom. The van der Waals surface area contributed by atoms with Gasteiger partial charge in [0.15, 0.2) is 0 Å². The average molecular weight is 338 g/mol. The van der Waals surface area contributed by atoms with Gasteiger partial charge in [-0.05, 0) is 43.6 Å². The van der Waals surface area contributed by atoms with Gasteiger partial charge in [0.05, 0.1) is 23.4 Å². The van der Waals surface area contributed by atoms with E-state index >= 15 is 0 Å². The third-order valence-corrected chi connectivity index (χ3v) is 5.57. The summed E-state index contributed by atoms with van der Waals surface area (Å²) in [4.78, 5) is 12.7. The fraction of sp³-hybridized carbons (Fsp3) is 0.588. The molecule has 0 radical (unpaired) electrons. The second-order valence-electron chi connectivity index (χ2n) is 6.76. The lowest BCUT2D eigenvalue weighted by Gasteiger charge is -2.45. The number of halogens is 1. The van der Waals surface area contributed by atoms with Crippen molar-refractivity contribution < 1.29 is 9.53 Å². The molecular weight excluding hydrogens is 314 g/mol. The minimum atomic E-state index is -0.152. The Morgan fingerprint density at radius 1 is 1.30 bits per heavy atom. The average Bonchev–Trinajstić information content (AvgIpc) is 2.50. The molecule has 23 heavy (non-hydrogen) atoms. The SMILES string of the molecule is COc1cc(N)c(Cl)cc1C(=O)NC1C2CCCC1CC(N)C2. The summed E-state index contributed by atoms with van der Waals surface area (Å²) in [7, 11) is 1.52. The van der Waals surface area contributed by atoms with Crippen molar-refractivity contribution in [3.63, 3.8) is 0 Å². The lowest BCUT2D eigenvalue weighted by atomic mass is 9.67. The number of carbonyl (C=O) groups is 1. The summed E-state index contributed by atoms with van der Waals surface area (Å²) in [5.41, 5.74) is 12.8. The molecule has 2 unspecified atom stereocenters. The molecule has 2 bridgehead atoms. The smallest absolute Gasteiger partial charge is 0.255 e. The van der Waals surface area contributed by atoms with E-state index in [1.807, 2.05) is 0 Å². The van der Waals surface area contributed by atoms with Crippen molar-refractivity contribution in [1.82, 2.24) is 5.32 Å². The van der Waals surface area contributed by atoms with E-state index in [1.54, 1.807) is 12.1 Å². The van der Waals surface area contributed by atoms with E-state index in [-0.39, 0.29) is 18.0 Å². The standard InChI is InChI=1S/C17H24ClN3O2/c1-23-15-8-14(20)13(18)7-12(15)17(22)21-16-9-3-2-4-10(16)6-11(19)5-9/h7-11,16H,2-6,19-20H2,1H3,(H,21,22). The van der Waals surface area contributed by atoms with Crippen LogP contribution in [0.1, 0.15) is 42.5 Å². The highest BCUT2D eigenvalue weighted by Gasteiger charge is 2.40. The van der Waals surface area contributed by atoms with Gasteiger partial charge in [-0.15, -0.1) is 0 Å². The second kappa shape index (κ2) is 6.57. The summed E-state index contributed by atoms with van der Waals surface area (Å²) in [5.74, 6) is 1.23. The zero-order chi connectivity index (χ0) is 16.6. The third-order valence-electron chi connectivity index (χ3n) is 5.24. The Balaban J connectivity index is 1.80. The first-order valence-electron chi connectivity index (χ1n) is 8.19. The van der Waals surface area contributed by atoms with Gasteiger partial charge in [0, 0.05) is 18.2 Å². The van der Waals surface area contributed by atoms with Crippen molar-refractivity contribution in [3.05, 3.63) is 22.7 Å².